The highest BCUT2D eigenvalue weighted by atomic mass is 32.2. The van der Waals surface area contributed by atoms with Crippen molar-refractivity contribution in [3.05, 3.63) is 18.2 Å². The summed E-state index contributed by atoms with van der Waals surface area (Å²) in [5.41, 5.74) is 0. The molecule has 1 aliphatic heterocycles. The standard InChI is InChI=1S/C14H21NO5S/c1-10-8-20-9-11(2)15(10)21(16,17)14-7-12(18-3)5-6-13(14)19-4/h5-7,10-11H,8-9H2,1-4H3. The highest BCUT2D eigenvalue weighted by Gasteiger charge is 2.38. The van der Waals surface area contributed by atoms with E-state index in [0.29, 0.717) is 24.7 Å². The van der Waals surface area contributed by atoms with Crippen LogP contribution in [0.2, 0.25) is 0 Å². The molecule has 7 heteroatoms. The van der Waals surface area contributed by atoms with E-state index in [-0.39, 0.29) is 17.0 Å². The van der Waals surface area contributed by atoms with Crippen LogP contribution in [0.4, 0.5) is 0 Å². The van der Waals surface area contributed by atoms with Crippen LogP contribution in [0.25, 0.3) is 0 Å². The zero-order valence-electron chi connectivity index (χ0n) is 12.7. The Morgan fingerprint density at radius 1 is 1.14 bits per heavy atom. The summed E-state index contributed by atoms with van der Waals surface area (Å²) in [6.07, 6.45) is 0. The first-order chi connectivity index (χ1) is 9.91. The van der Waals surface area contributed by atoms with Crippen LogP contribution >= 0.6 is 0 Å². The van der Waals surface area contributed by atoms with Gasteiger partial charge >= 0.3 is 0 Å². The van der Waals surface area contributed by atoms with Gasteiger partial charge in [0.05, 0.1) is 27.4 Å². The van der Waals surface area contributed by atoms with Gasteiger partial charge < -0.3 is 14.2 Å². The molecule has 6 nitrogen and oxygen atoms in total. The molecule has 0 spiro atoms. The highest BCUT2D eigenvalue weighted by molar-refractivity contribution is 7.89. The van der Waals surface area contributed by atoms with Crippen molar-refractivity contribution in [2.24, 2.45) is 0 Å². The van der Waals surface area contributed by atoms with Crippen LogP contribution in [-0.2, 0) is 14.8 Å². The molecule has 0 aliphatic carbocycles. The second-order valence-electron chi connectivity index (χ2n) is 5.09. The normalized spacial score (nSPS) is 23.8. The summed E-state index contributed by atoms with van der Waals surface area (Å²) in [5, 5.41) is 0. The monoisotopic (exact) mass is 315 g/mol. The number of hydrogen-bond donors (Lipinski definition) is 0. The summed E-state index contributed by atoms with van der Waals surface area (Å²) < 4.78 is 43.2. The Morgan fingerprint density at radius 3 is 2.29 bits per heavy atom. The van der Waals surface area contributed by atoms with Gasteiger partial charge in [0.15, 0.2) is 0 Å². The Hall–Kier alpha value is -1.31. The van der Waals surface area contributed by atoms with Crippen molar-refractivity contribution in [1.29, 1.82) is 0 Å². The summed E-state index contributed by atoms with van der Waals surface area (Å²) in [5.74, 6) is 0.782. The fourth-order valence-electron chi connectivity index (χ4n) is 2.56. The SMILES string of the molecule is COc1ccc(OC)c(S(=O)(=O)N2C(C)COCC2C)c1. The van der Waals surface area contributed by atoms with E-state index >= 15 is 0 Å². The van der Waals surface area contributed by atoms with Gasteiger partial charge in [0, 0.05) is 18.2 Å². The Kier molecular flexibility index (Phi) is 4.75. The predicted molar refractivity (Wildman–Crippen MR) is 78.3 cm³/mol. The van der Waals surface area contributed by atoms with E-state index in [2.05, 4.69) is 0 Å². The summed E-state index contributed by atoms with van der Waals surface area (Å²) in [6, 6.07) is 4.30. The van der Waals surface area contributed by atoms with Crippen molar-refractivity contribution in [2.75, 3.05) is 27.4 Å². The van der Waals surface area contributed by atoms with Crippen molar-refractivity contribution < 1.29 is 22.6 Å². The van der Waals surface area contributed by atoms with E-state index in [0.717, 1.165) is 0 Å². The van der Waals surface area contributed by atoms with Crippen LogP contribution in [0.3, 0.4) is 0 Å². The van der Waals surface area contributed by atoms with Crippen LogP contribution in [0.1, 0.15) is 13.8 Å². The zero-order valence-corrected chi connectivity index (χ0v) is 13.5. The first-order valence-electron chi connectivity index (χ1n) is 6.75. The number of hydrogen-bond acceptors (Lipinski definition) is 5. The molecule has 2 rings (SSSR count). The third-order valence-electron chi connectivity index (χ3n) is 3.51. The average Bonchev–Trinajstić information content (AvgIpc) is 2.46. The molecule has 2 unspecified atom stereocenters. The van der Waals surface area contributed by atoms with E-state index in [1.54, 1.807) is 12.1 Å². The highest BCUT2D eigenvalue weighted by Crippen LogP contribution is 2.33. The van der Waals surface area contributed by atoms with Crippen molar-refractivity contribution in [2.45, 2.75) is 30.8 Å². The Bertz CT molecular complexity index is 591. The zero-order chi connectivity index (χ0) is 15.6. The summed E-state index contributed by atoms with van der Waals surface area (Å²) in [7, 11) is -0.738. The van der Waals surface area contributed by atoms with Gasteiger partial charge in [-0.25, -0.2) is 8.42 Å². The van der Waals surface area contributed by atoms with Crippen molar-refractivity contribution in [1.82, 2.24) is 4.31 Å². The van der Waals surface area contributed by atoms with Gasteiger partial charge in [-0.2, -0.15) is 4.31 Å². The molecule has 1 saturated heterocycles. The van der Waals surface area contributed by atoms with Gasteiger partial charge in [0.2, 0.25) is 10.0 Å². The quantitative estimate of drug-likeness (QED) is 0.842. The van der Waals surface area contributed by atoms with Crippen LogP contribution in [0, 0.1) is 0 Å². The predicted octanol–water partition coefficient (Wildman–Crippen LogP) is 1.50. The molecule has 1 aromatic carbocycles. The van der Waals surface area contributed by atoms with E-state index in [4.69, 9.17) is 14.2 Å². The van der Waals surface area contributed by atoms with E-state index in [1.165, 1.54) is 24.6 Å². The molecule has 1 aromatic rings. The molecule has 0 amide bonds. The van der Waals surface area contributed by atoms with Crippen LogP contribution in [0.15, 0.2) is 23.1 Å². The van der Waals surface area contributed by atoms with E-state index < -0.39 is 10.0 Å². The number of morpholine rings is 1. The maximum Gasteiger partial charge on any atom is 0.247 e. The molecule has 0 saturated carbocycles. The van der Waals surface area contributed by atoms with Crippen molar-refractivity contribution in [3.63, 3.8) is 0 Å². The number of benzene rings is 1. The number of sulfonamides is 1. The number of ether oxygens (including phenoxy) is 3. The first kappa shape index (κ1) is 16.1. The molecule has 0 N–H and O–H groups in total. The van der Waals surface area contributed by atoms with Gasteiger partial charge in [-0.15, -0.1) is 0 Å². The second-order valence-corrected chi connectivity index (χ2v) is 6.90. The summed E-state index contributed by atoms with van der Waals surface area (Å²) in [4.78, 5) is 0.116. The minimum absolute atomic E-state index is 0.116. The van der Waals surface area contributed by atoms with E-state index in [9.17, 15) is 8.42 Å². The summed E-state index contributed by atoms with van der Waals surface area (Å²) >= 11 is 0. The topological polar surface area (TPSA) is 65.1 Å². The maximum absolute atomic E-state index is 13.0. The number of rotatable bonds is 4. The van der Waals surface area contributed by atoms with Crippen LogP contribution in [-0.4, -0.2) is 52.2 Å². The first-order valence-corrected chi connectivity index (χ1v) is 8.19. The lowest BCUT2D eigenvalue weighted by Crippen LogP contribution is -2.52. The Labute approximate surface area is 125 Å². The maximum atomic E-state index is 13.0. The third-order valence-corrected chi connectivity index (χ3v) is 5.66. The molecule has 0 radical (unpaired) electrons. The molecular weight excluding hydrogens is 294 g/mol. The molecule has 2 atom stereocenters. The molecular formula is C14H21NO5S. The van der Waals surface area contributed by atoms with Gasteiger partial charge in [0.1, 0.15) is 16.4 Å². The second kappa shape index (κ2) is 6.21. The van der Waals surface area contributed by atoms with Gasteiger partial charge in [-0.3, -0.25) is 0 Å². The fourth-order valence-corrected chi connectivity index (χ4v) is 4.53. The van der Waals surface area contributed by atoms with Crippen LogP contribution in [0.5, 0.6) is 11.5 Å². The molecule has 0 bridgehead atoms. The lowest BCUT2D eigenvalue weighted by Gasteiger charge is -2.37. The molecule has 0 aromatic heterocycles. The van der Waals surface area contributed by atoms with Crippen molar-refractivity contribution >= 4 is 10.0 Å². The third kappa shape index (κ3) is 3.00. The van der Waals surface area contributed by atoms with Gasteiger partial charge in [0.25, 0.3) is 0 Å². The van der Waals surface area contributed by atoms with E-state index in [1.807, 2.05) is 13.8 Å². The summed E-state index contributed by atoms with van der Waals surface area (Å²) in [6.45, 7) is 4.44. The number of nitrogens with zero attached hydrogens (tertiary/aromatic N) is 1. The lowest BCUT2D eigenvalue weighted by atomic mass is 10.2. The fraction of sp³-hybridized carbons (Fsp3) is 0.571. The van der Waals surface area contributed by atoms with Crippen molar-refractivity contribution in [3.8, 4) is 11.5 Å². The molecule has 1 aliphatic rings. The molecule has 1 fully saturated rings. The van der Waals surface area contributed by atoms with Gasteiger partial charge in [-0.05, 0) is 26.0 Å². The minimum Gasteiger partial charge on any atom is -0.497 e. The molecule has 1 heterocycles. The molecule has 118 valence electrons. The smallest absolute Gasteiger partial charge is 0.247 e. The lowest BCUT2D eigenvalue weighted by molar-refractivity contribution is 0.00630. The Balaban J connectivity index is 2.52. The average molecular weight is 315 g/mol. The Morgan fingerprint density at radius 2 is 1.76 bits per heavy atom. The van der Waals surface area contributed by atoms with Gasteiger partial charge in [-0.1, -0.05) is 0 Å². The van der Waals surface area contributed by atoms with Crippen LogP contribution < -0.4 is 9.47 Å². The minimum atomic E-state index is -3.69. The number of methoxy groups -OCH3 is 2. The largest absolute Gasteiger partial charge is 0.497 e. The molecule has 21 heavy (non-hydrogen) atoms.